The van der Waals surface area contributed by atoms with Gasteiger partial charge in [0.1, 0.15) is 0 Å². The fourth-order valence-electron chi connectivity index (χ4n) is 1.72. The van der Waals surface area contributed by atoms with E-state index in [-0.39, 0.29) is 5.54 Å². The number of hydrogen-bond donors (Lipinski definition) is 1. The van der Waals surface area contributed by atoms with Crippen LogP contribution in [-0.2, 0) is 12.7 Å². The summed E-state index contributed by atoms with van der Waals surface area (Å²) in [5, 5.41) is 7.05. The molecule has 0 unspecified atom stereocenters. The fraction of sp³-hybridized carbons (Fsp3) is 0.429. The second kappa shape index (κ2) is 5.48. The quantitative estimate of drug-likeness (QED) is 0.946. The lowest BCUT2D eigenvalue weighted by Gasteiger charge is -2.21. The van der Waals surface area contributed by atoms with Gasteiger partial charge >= 0.3 is 6.18 Å². The van der Waals surface area contributed by atoms with Crippen LogP contribution in [0, 0.1) is 0 Å². The first-order valence-corrected chi connectivity index (χ1v) is 6.48. The molecular formula is C14H17F3N4. The molecular weight excluding hydrogens is 281 g/mol. The van der Waals surface area contributed by atoms with Crippen molar-refractivity contribution in [2.75, 3.05) is 0 Å². The van der Waals surface area contributed by atoms with Crippen molar-refractivity contribution < 1.29 is 13.2 Å². The smallest absolute Gasteiger partial charge is 0.308 e. The zero-order chi connectivity index (χ0) is 15.7. The van der Waals surface area contributed by atoms with E-state index < -0.39 is 11.7 Å². The number of halogens is 3. The lowest BCUT2D eigenvalue weighted by atomic mass is 10.1. The van der Waals surface area contributed by atoms with E-state index in [1.54, 1.807) is 6.07 Å². The van der Waals surface area contributed by atoms with Crippen molar-refractivity contribution in [3.63, 3.8) is 0 Å². The molecule has 0 aliphatic heterocycles. The van der Waals surface area contributed by atoms with Gasteiger partial charge in [-0.2, -0.15) is 18.3 Å². The van der Waals surface area contributed by atoms with Gasteiger partial charge in [-0.1, -0.05) is 6.07 Å². The molecule has 0 amide bonds. The van der Waals surface area contributed by atoms with E-state index >= 15 is 0 Å². The Bertz CT molecular complexity index is 611. The van der Waals surface area contributed by atoms with E-state index in [2.05, 4.69) is 15.4 Å². The molecule has 0 aliphatic carbocycles. The van der Waals surface area contributed by atoms with Crippen molar-refractivity contribution in [2.45, 2.75) is 39.0 Å². The summed E-state index contributed by atoms with van der Waals surface area (Å²) in [4.78, 5) is 4.14. The molecule has 0 aliphatic rings. The van der Waals surface area contributed by atoms with Crippen molar-refractivity contribution in [3.8, 4) is 5.82 Å². The van der Waals surface area contributed by atoms with Gasteiger partial charge in [-0.15, -0.1) is 0 Å². The molecule has 0 radical (unpaired) electrons. The average Bonchev–Trinajstić information content (AvgIpc) is 2.85. The van der Waals surface area contributed by atoms with Crippen LogP contribution >= 0.6 is 0 Å². The minimum Gasteiger partial charge on any atom is -0.308 e. The van der Waals surface area contributed by atoms with Crippen molar-refractivity contribution in [1.82, 2.24) is 20.1 Å². The largest absolute Gasteiger partial charge is 0.419 e. The van der Waals surface area contributed by atoms with Crippen LogP contribution in [0.1, 0.15) is 31.9 Å². The molecule has 0 aromatic carbocycles. The van der Waals surface area contributed by atoms with E-state index in [0.717, 1.165) is 22.6 Å². The minimum atomic E-state index is -4.41. The van der Waals surface area contributed by atoms with Crippen LogP contribution in [0.25, 0.3) is 5.82 Å². The van der Waals surface area contributed by atoms with Crippen LogP contribution in [0.3, 0.4) is 0 Å². The molecule has 0 saturated heterocycles. The maximum Gasteiger partial charge on any atom is 0.419 e. The van der Waals surface area contributed by atoms with Gasteiger partial charge in [0, 0.05) is 30.0 Å². The molecule has 0 saturated carbocycles. The third-order valence-corrected chi connectivity index (χ3v) is 2.80. The Morgan fingerprint density at radius 3 is 2.52 bits per heavy atom. The highest BCUT2D eigenvalue weighted by molar-refractivity contribution is 5.33. The van der Waals surface area contributed by atoms with E-state index in [4.69, 9.17) is 0 Å². The van der Waals surface area contributed by atoms with Crippen LogP contribution in [0.4, 0.5) is 13.2 Å². The molecule has 4 nitrogen and oxygen atoms in total. The summed E-state index contributed by atoms with van der Waals surface area (Å²) in [5.74, 6) is 0.393. The average molecular weight is 298 g/mol. The van der Waals surface area contributed by atoms with Gasteiger partial charge in [0.05, 0.1) is 11.8 Å². The van der Waals surface area contributed by atoms with Crippen molar-refractivity contribution in [1.29, 1.82) is 0 Å². The van der Waals surface area contributed by atoms with Gasteiger partial charge in [0.25, 0.3) is 0 Å². The Balaban J connectivity index is 2.30. The summed E-state index contributed by atoms with van der Waals surface area (Å²) in [6.07, 6.45) is -1.12. The van der Waals surface area contributed by atoms with Gasteiger partial charge in [0.15, 0.2) is 5.82 Å². The Morgan fingerprint density at radius 1 is 1.24 bits per heavy atom. The molecule has 0 spiro atoms. The molecule has 2 heterocycles. The minimum absolute atomic E-state index is 0.103. The number of nitrogens with one attached hydrogen (secondary N) is 1. The summed E-state index contributed by atoms with van der Waals surface area (Å²) in [6, 6.07) is 3.56. The maximum atomic E-state index is 12.6. The van der Waals surface area contributed by atoms with Gasteiger partial charge in [-0.05, 0) is 26.8 Å². The van der Waals surface area contributed by atoms with Crippen molar-refractivity contribution in [2.24, 2.45) is 0 Å². The molecule has 0 bridgehead atoms. The van der Waals surface area contributed by atoms with Gasteiger partial charge in [-0.25, -0.2) is 9.67 Å². The Hall–Kier alpha value is -1.89. The normalized spacial score (nSPS) is 12.7. The fourth-order valence-corrected chi connectivity index (χ4v) is 1.72. The summed E-state index contributed by atoms with van der Waals surface area (Å²) in [5.41, 5.74) is -0.110. The molecule has 1 N–H and O–H groups in total. The Labute approximate surface area is 121 Å². The first-order chi connectivity index (χ1) is 9.67. The molecule has 2 aromatic heterocycles. The summed E-state index contributed by atoms with van der Waals surface area (Å²) >= 11 is 0. The predicted molar refractivity (Wildman–Crippen MR) is 73.0 cm³/mol. The van der Waals surface area contributed by atoms with Crippen LogP contribution in [0.15, 0.2) is 30.7 Å². The topological polar surface area (TPSA) is 42.7 Å². The number of aromatic nitrogens is 3. The molecule has 114 valence electrons. The number of hydrogen-bond acceptors (Lipinski definition) is 3. The van der Waals surface area contributed by atoms with E-state index in [1.807, 2.05) is 26.8 Å². The monoisotopic (exact) mass is 298 g/mol. The molecule has 21 heavy (non-hydrogen) atoms. The molecule has 0 atom stereocenters. The number of alkyl halides is 3. The summed E-state index contributed by atoms with van der Waals surface area (Å²) in [7, 11) is 0. The van der Waals surface area contributed by atoms with E-state index in [1.165, 1.54) is 6.20 Å². The standard InChI is InChI=1S/C14H17F3N4/c1-13(2,3)19-7-10-5-4-6-18-12(10)21-9-11(8-20-21)14(15,16)17/h4-6,8-9,19H,7H2,1-3H3. The van der Waals surface area contributed by atoms with E-state index in [0.29, 0.717) is 12.4 Å². The van der Waals surface area contributed by atoms with Crippen molar-refractivity contribution in [3.05, 3.63) is 41.9 Å². The summed E-state index contributed by atoms with van der Waals surface area (Å²) in [6.45, 7) is 6.53. The van der Waals surface area contributed by atoms with Crippen LogP contribution in [0.5, 0.6) is 0 Å². The molecule has 7 heteroatoms. The number of nitrogens with zero attached hydrogens (tertiary/aromatic N) is 3. The number of rotatable bonds is 3. The third-order valence-electron chi connectivity index (χ3n) is 2.80. The molecule has 2 rings (SSSR count). The molecule has 2 aromatic rings. The molecule has 0 fully saturated rings. The highest BCUT2D eigenvalue weighted by atomic mass is 19.4. The maximum absolute atomic E-state index is 12.6. The van der Waals surface area contributed by atoms with E-state index in [9.17, 15) is 13.2 Å². The second-order valence-corrected chi connectivity index (χ2v) is 5.76. The van der Waals surface area contributed by atoms with Crippen molar-refractivity contribution >= 4 is 0 Å². The van der Waals surface area contributed by atoms with Gasteiger partial charge in [-0.3, -0.25) is 0 Å². The Morgan fingerprint density at radius 2 is 1.95 bits per heavy atom. The zero-order valence-corrected chi connectivity index (χ0v) is 12.1. The van der Waals surface area contributed by atoms with Gasteiger partial charge < -0.3 is 5.32 Å². The zero-order valence-electron chi connectivity index (χ0n) is 12.1. The lowest BCUT2D eigenvalue weighted by Crippen LogP contribution is -2.35. The lowest BCUT2D eigenvalue weighted by molar-refractivity contribution is -0.137. The SMILES string of the molecule is CC(C)(C)NCc1cccnc1-n1cc(C(F)(F)F)cn1. The first-order valence-electron chi connectivity index (χ1n) is 6.48. The Kier molecular flexibility index (Phi) is 4.04. The van der Waals surface area contributed by atoms with Gasteiger partial charge in [0.2, 0.25) is 0 Å². The third kappa shape index (κ3) is 4.04. The number of pyridine rings is 1. The highest BCUT2D eigenvalue weighted by Crippen LogP contribution is 2.29. The second-order valence-electron chi connectivity index (χ2n) is 5.76. The first kappa shape index (κ1) is 15.5. The van der Waals surface area contributed by atoms with Crippen LogP contribution in [0.2, 0.25) is 0 Å². The van der Waals surface area contributed by atoms with Crippen LogP contribution in [-0.4, -0.2) is 20.3 Å². The summed E-state index contributed by atoms with van der Waals surface area (Å²) < 4.78 is 39.1. The highest BCUT2D eigenvalue weighted by Gasteiger charge is 2.32. The van der Waals surface area contributed by atoms with Crippen LogP contribution < -0.4 is 5.32 Å². The predicted octanol–water partition coefficient (Wildman–Crippen LogP) is 3.17.